The minimum absolute atomic E-state index is 0.0731. The number of hydrogen-bond donors (Lipinski definition) is 2. The van der Waals surface area contributed by atoms with Crippen LogP contribution in [0.1, 0.15) is 86.5 Å². The number of aromatic nitrogens is 2. The third kappa shape index (κ3) is 5.53. The maximum Gasteiger partial charge on any atom is 0.494 e. The number of methoxy groups -OCH3 is 1. The zero-order valence-electron chi connectivity index (χ0n) is 25.4. The number of piperidine rings is 1. The second-order valence-corrected chi connectivity index (χ2v) is 12.2. The predicted octanol–water partition coefficient (Wildman–Crippen LogP) is 4.83. The van der Waals surface area contributed by atoms with E-state index in [9.17, 15) is 9.59 Å². The first-order chi connectivity index (χ1) is 18.9. The van der Waals surface area contributed by atoms with Crippen LogP contribution in [0.25, 0.3) is 11.3 Å². The summed E-state index contributed by atoms with van der Waals surface area (Å²) in [6.45, 7) is 16.1. The van der Waals surface area contributed by atoms with E-state index in [2.05, 4.69) is 10.3 Å². The maximum atomic E-state index is 13.7. The smallest absolute Gasteiger partial charge is 0.453 e. The van der Waals surface area contributed by atoms with Crippen LogP contribution < -0.4 is 10.8 Å². The van der Waals surface area contributed by atoms with Gasteiger partial charge < -0.3 is 29.2 Å². The molecule has 4 unspecified atom stereocenters. The highest BCUT2D eigenvalue weighted by Gasteiger charge is 2.52. The SMILES string of the molecule is CC.COC(=O)NC(C(=O)N1C2CCC(C2)C1c1ncc(-c2ccc(B3OC(C)(C)C(C)(C)O3)cc2)[nH]1)C(C)C. The fourth-order valence-electron chi connectivity index (χ4n) is 5.95. The molecule has 2 bridgehead atoms. The Labute approximate surface area is 238 Å². The van der Waals surface area contributed by atoms with Gasteiger partial charge in [-0.05, 0) is 69.8 Å². The number of aromatic amines is 1. The summed E-state index contributed by atoms with van der Waals surface area (Å²) < 4.78 is 17.1. The molecule has 0 spiro atoms. The lowest BCUT2D eigenvalue weighted by atomic mass is 9.79. The summed E-state index contributed by atoms with van der Waals surface area (Å²) in [6, 6.07) is 7.49. The second-order valence-electron chi connectivity index (χ2n) is 12.2. The van der Waals surface area contributed by atoms with Crippen molar-refractivity contribution in [1.82, 2.24) is 20.2 Å². The number of carbonyl (C=O) groups excluding carboxylic acids is 2. The first-order valence-electron chi connectivity index (χ1n) is 14.6. The molecule has 3 heterocycles. The van der Waals surface area contributed by atoms with E-state index in [1.165, 1.54) is 7.11 Å². The molecule has 1 aromatic carbocycles. The van der Waals surface area contributed by atoms with E-state index in [-0.39, 0.29) is 35.1 Å². The summed E-state index contributed by atoms with van der Waals surface area (Å²) >= 11 is 0. The van der Waals surface area contributed by atoms with Crippen molar-refractivity contribution in [2.75, 3.05) is 7.11 Å². The molecule has 1 saturated carbocycles. The highest BCUT2D eigenvalue weighted by atomic mass is 16.7. The van der Waals surface area contributed by atoms with Gasteiger partial charge in [-0.1, -0.05) is 52.0 Å². The summed E-state index contributed by atoms with van der Waals surface area (Å²) in [4.78, 5) is 35.9. The number of amides is 2. The van der Waals surface area contributed by atoms with Crippen molar-refractivity contribution < 1.29 is 23.6 Å². The van der Waals surface area contributed by atoms with Gasteiger partial charge in [0, 0.05) is 6.04 Å². The number of hydrogen-bond acceptors (Lipinski definition) is 6. The molecule has 3 aliphatic rings. The summed E-state index contributed by atoms with van der Waals surface area (Å²) in [5.74, 6) is 0.985. The minimum Gasteiger partial charge on any atom is -0.453 e. The molecule has 1 aromatic heterocycles. The van der Waals surface area contributed by atoms with Crippen molar-refractivity contribution in [2.45, 2.75) is 104 Å². The molecule has 2 aromatic rings. The zero-order chi connectivity index (χ0) is 29.4. The standard InChI is InChI=1S/C28H39BN4O5.C2H6/c1-16(2)22(32-26(35)36-7)25(34)33-20-13-10-18(14-20)23(33)24-30-15-21(31-24)17-8-11-19(12-9-17)29-37-27(3,4)28(5,6)38-29;1-2/h8-9,11-12,15-16,18,20,22-23H,10,13-14H2,1-7H3,(H,30,31)(H,32,35);1-2H3. The number of fused-ring (bicyclic) bond motifs is 2. The van der Waals surface area contributed by atoms with Crippen LogP contribution >= 0.6 is 0 Å². The van der Waals surface area contributed by atoms with Gasteiger partial charge in [-0.25, -0.2) is 9.78 Å². The Kier molecular flexibility index (Phi) is 8.71. The van der Waals surface area contributed by atoms with E-state index in [1.54, 1.807) is 0 Å². The molecule has 2 N–H and O–H groups in total. The van der Waals surface area contributed by atoms with Crippen LogP contribution in [-0.2, 0) is 18.8 Å². The number of likely N-dealkylation sites (tertiary alicyclic amines) is 1. The third-order valence-corrected chi connectivity index (χ3v) is 8.85. The lowest BCUT2D eigenvalue weighted by molar-refractivity contribution is -0.139. The molecule has 1 aliphatic carbocycles. The first-order valence-corrected chi connectivity index (χ1v) is 14.6. The van der Waals surface area contributed by atoms with Crippen molar-refractivity contribution in [3.05, 3.63) is 36.3 Å². The average molecular weight is 553 g/mol. The topological polar surface area (TPSA) is 106 Å². The van der Waals surface area contributed by atoms with Gasteiger partial charge >= 0.3 is 13.2 Å². The fraction of sp³-hybridized carbons (Fsp3) is 0.633. The summed E-state index contributed by atoms with van der Waals surface area (Å²) in [5.41, 5.74) is 2.08. The molecule has 0 radical (unpaired) electrons. The lowest BCUT2D eigenvalue weighted by Crippen LogP contribution is -2.54. The quantitative estimate of drug-likeness (QED) is 0.498. The highest BCUT2D eigenvalue weighted by Crippen LogP contribution is 2.50. The van der Waals surface area contributed by atoms with Gasteiger partial charge in [-0.2, -0.15) is 0 Å². The number of alkyl carbamates (subject to hydrolysis) is 1. The molecule has 2 amide bonds. The number of carbonyl (C=O) groups is 2. The number of rotatable bonds is 6. The molecular formula is C30H45BN4O5. The van der Waals surface area contributed by atoms with Crippen LogP contribution in [0.15, 0.2) is 30.5 Å². The Balaban J connectivity index is 0.00000181. The van der Waals surface area contributed by atoms with Gasteiger partial charge in [0.15, 0.2) is 0 Å². The summed E-state index contributed by atoms with van der Waals surface area (Å²) in [7, 11) is 0.900. The molecule has 2 aliphatic heterocycles. The minimum atomic E-state index is -0.652. The lowest BCUT2D eigenvalue weighted by Gasteiger charge is -2.37. The summed E-state index contributed by atoms with van der Waals surface area (Å²) in [5, 5.41) is 2.74. The van der Waals surface area contributed by atoms with E-state index in [0.29, 0.717) is 5.92 Å². The summed E-state index contributed by atoms with van der Waals surface area (Å²) in [6.07, 6.45) is 4.24. The van der Waals surface area contributed by atoms with Crippen LogP contribution in [-0.4, -0.2) is 64.4 Å². The molecule has 4 atom stereocenters. The van der Waals surface area contributed by atoms with E-state index in [4.69, 9.17) is 19.0 Å². The van der Waals surface area contributed by atoms with Gasteiger partial charge in [0.1, 0.15) is 11.9 Å². The number of H-pyrrole nitrogens is 1. The largest absolute Gasteiger partial charge is 0.494 e. The van der Waals surface area contributed by atoms with Crippen molar-refractivity contribution in [2.24, 2.45) is 11.8 Å². The average Bonchev–Trinajstić information content (AvgIpc) is 3.71. The molecule has 40 heavy (non-hydrogen) atoms. The Morgan fingerprint density at radius 1 is 1.10 bits per heavy atom. The normalized spacial score (nSPS) is 25.0. The Bertz CT molecular complexity index is 1180. The van der Waals surface area contributed by atoms with Gasteiger partial charge in [-0.3, -0.25) is 4.79 Å². The predicted molar refractivity (Wildman–Crippen MR) is 156 cm³/mol. The zero-order valence-corrected chi connectivity index (χ0v) is 25.4. The maximum absolute atomic E-state index is 13.7. The number of ether oxygens (including phenoxy) is 1. The van der Waals surface area contributed by atoms with Crippen LogP contribution in [0.5, 0.6) is 0 Å². The van der Waals surface area contributed by atoms with E-state index >= 15 is 0 Å². The van der Waals surface area contributed by atoms with Gasteiger partial charge in [0.05, 0.1) is 36.2 Å². The number of nitrogens with one attached hydrogen (secondary N) is 2. The van der Waals surface area contributed by atoms with Gasteiger partial charge in [0.25, 0.3) is 0 Å². The van der Waals surface area contributed by atoms with Crippen molar-refractivity contribution in [3.8, 4) is 11.3 Å². The van der Waals surface area contributed by atoms with Crippen molar-refractivity contribution in [1.29, 1.82) is 0 Å². The Morgan fingerprint density at radius 2 is 1.73 bits per heavy atom. The fourth-order valence-corrected chi connectivity index (χ4v) is 5.95. The molecule has 2 saturated heterocycles. The third-order valence-electron chi connectivity index (χ3n) is 8.85. The molecule has 3 fully saturated rings. The van der Waals surface area contributed by atoms with Crippen LogP contribution in [0, 0.1) is 11.8 Å². The molecule has 5 rings (SSSR count). The molecule has 10 heteroatoms. The molecular weight excluding hydrogens is 507 g/mol. The van der Waals surface area contributed by atoms with E-state index in [0.717, 1.165) is 41.8 Å². The van der Waals surface area contributed by atoms with Gasteiger partial charge in [0.2, 0.25) is 5.91 Å². The number of nitrogens with zero attached hydrogens (tertiary/aromatic N) is 2. The van der Waals surface area contributed by atoms with E-state index in [1.807, 2.05) is 90.8 Å². The van der Waals surface area contributed by atoms with Crippen molar-refractivity contribution in [3.63, 3.8) is 0 Å². The highest BCUT2D eigenvalue weighted by molar-refractivity contribution is 6.62. The van der Waals surface area contributed by atoms with Crippen LogP contribution in [0.4, 0.5) is 4.79 Å². The van der Waals surface area contributed by atoms with Gasteiger partial charge in [-0.15, -0.1) is 0 Å². The van der Waals surface area contributed by atoms with Crippen LogP contribution in [0.3, 0.4) is 0 Å². The first kappa shape index (κ1) is 30.1. The van der Waals surface area contributed by atoms with Crippen molar-refractivity contribution >= 4 is 24.6 Å². The monoisotopic (exact) mass is 552 g/mol. The number of benzene rings is 1. The molecule has 9 nitrogen and oxygen atoms in total. The molecule has 218 valence electrons. The van der Waals surface area contributed by atoms with Crippen LogP contribution in [0.2, 0.25) is 0 Å². The Morgan fingerprint density at radius 3 is 2.30 bits per heavy atom. The number of imidazole rings is 1. The Hall–Kier alpha value is -2.85. The van der Waals surface area contributed by atoms with E-state index < -0.39 is 19.3 Å². The second kappa shape index (κ2) is 11.6.